The standard InChI is InChI=1S/C19H23Cl2N3O3/c1-12-5-3-4-8-19(12)17(26)24(18(27)22-19)11-16(25)23(2)10-13-6-7-14(20)15(21)9-13/h6-7,9,12H,3-5,8,10-11H2,1-2H3,(H,22,27). The molecule has 2 atom stereocenters. The van der Waals surface area contributed by atoms with Crippen LogP contribution in [0.5, 0.6) is 0 Å². The van der Waals surface area contributed by atoms with Crippen molar-refractivity contribution in [2.45, 2.75) is 44.7 Å². The summed E-state index contributed by atoms with van der Waals surface area (Å²) in [5.41, 5.74) is -0.0347. The Morgan fingerprint density at radius 1 is 1.30 bits per heavy atom. The van der Waals surface area contributed by atoms with E-state index in [1.165, 1.54) is 4.90 Å². The number of likely N-dealkylation sites (N-methyl/N-ethyl adjacent to an activating group) is 1. The molecule has 1 aliphatic carbocycles. The molecule has 27 heavy (non-hydrogen) atoms. The van der Waals surface area contributed by atoms with Gasteiger partial charge in [0.05, 0.1) is 10.0 Å². The lowest BCUT2D eigenvalue weighted by molar-refractivity contribution is -0.140. The lowest BCUT2D eigenvalue weighted by atomic mass is 9.73. The van der Waals surface area contributed by atoms with Gasteiger partial charge in [-0.2, -0.15) is 0 Å². The molecule has 4 amide bonds. The van der Waals surface area contributed by atoms with Crippen molar-refractivity contribution in [3.05, 3.63) is 33.8 Å². The number of carbonyl (C=O) groups excluding carboxylic acids is 3. The first-order valence-electron chi connectivity index (χ1n) is 9.06. The maximum absolute atomic E-state index is 12.9. The molecule has 2 unspecified atom stereocenters. The second-order valence-corrected chi connectivity index (χ2v) is 8.25. The van der Waals surface area contributed by atoms with Crippen LogP contribution in [0.25, 0.3) is 0 Å². The summed E-state index contributed by atoms with van der Waals surface area (Å²) < 4.78 is 0. The molecule has 3 rings (SSSR count). The number of carbonyl (C=O) groups is 3. The molecule has 2 fully saturated rings. The van der Waals surface area contributed by atoms with Crippen LogP contribution in [0.15, 0.2) is 18.2 Å². The summed E-state index contributed by atoms with van der Waals surface area (Å²) in [6.45, 7) is 2.02. The second kappa shape index (κ2) is 7.68. The van der Waals surface area contributed by atoms with Crippen LogP contribution in [0.2, 0.25) is 10.0 Å². The number of imide groups is 1. The van der Waals surface area contributed by atoms with Crippen LogP contribution in [-0.2, 0) is 16.1 Å². The zero-order chi connectivity index (χ0) is 19.8. The predicted octanol–water partition coefficient (Wildman–Crippen LogP) is 3.45. The van der Waals surface area contributed by atoms with Gasteiger partial charge in [0.25, 0.3) is 5.91 Å². The number of hydrogen-bond acceptors (Lipinski definition) is 3. The Morgan fingerprint density at radius 2 is 2.04 bits per heavy atom. The highest BCUT2D eigenvalue weighted by atomic mass is 35.5. The Kier molecular flexibility index (Phi) is 5.68. The first-order chi connectivity index (χ1) is 12.7. The van der Waals surface area contributed by atoms with Crippen molar-refractivity contribution in [1.82, 2.24) is 15.1 Å². The molecule has 0 bridgehead atoms. The largest absolute Gasteiger partial charge is 0.340 e. The quantitative estimate of drug-likeness (QED) is 0.771. The molecule has 1 N–H and O–H groups in total. The van der Waals surface area contributed by atoms with Crippen LogP contribution in [0, 0.1) is 5.92 Å². The Bertz CT molecular complexity index is 785. The number of amides is 4. The van der Waals surface area contributed by atoms with Gasteiger partial charge in [0, 0.05) is 13.6 Å². The molecule has 1 spiro atoms. The minimum absolute atomic E-state index is 0.0664. The molecule has 0 radical (unpaired) electrons. The molecule has 146 valence electrons. The molecule has 0 aromatic heterocycles. The summed E-state index contributed by atoms with van der Waals surface area (Å²) in [4.78, 5) is 40.4. The highest BCUT2D eigenvalue weighted by Crippen LogP contribution is 2.38. The van der Waals surface area contributed by atoms with Gasteiger partial charge in [-0.05, 0) is 36.5 Å². The van der Waals surface area contributed by atoms with Gasteiger partial charge < -0.3 is 10.2 Å². The van der Waals surface area contributed by atoms with Gasteiger partial charge >= 0.3 is 6.03 Å². The first kappa shape index (κ1) is 20.0. The summed E-state index contributed by atoms with van der Waals surface area (Å²) >= 11 is 11.9. The Hall–Kier alpha value is -1.79. The SMILES string of the molecule is CC1CCCCC12NC(=O)N(CC(=O)N(C)Cc1ccc(Cl)c(Cl)c1)C2=O. The summed E-state index contributed by atoms with van der Waals surface area (Å²) in [6.07, 6.45) is 3.47. The van der Waals surface area contributed by atoms with Crippen LogP contribution in [0.1, 0.15) is 38.2 Å². The van der Waals surface area contributed by atoms with Gasteiger partial charge in [-0.1, -0.05) is 49.0 Å². The summed E-state index contributed by atoms with van der Waals surface area (Å²) in [5.74, 6) is -0.530. The van der Waals surface area contributed by atoms with Crippen molar-refractivity contribution in [3.63, 3.8) is 0 Å². The van der Waals surface area contributed by atoms with E-state index in [9.17, 15) is 14.4 Å². The Labute approximate surface area is 168 Å². The number of nitrogens with one attached hydrogen (secondary N) is 1. The number of urea groups is 1. The molecular formula is C19H23Cl2N3O3. The van der Waals surface area contributed by atoms with Crippen LogP contribution in [0.3, 0.4) is 0 Å². The molecule has 8 heteroatoms. The second-order valence-electron chi connectivity index (χ2n) is 7.44. The predicted molar refractivity (Wildman–Crippen MR) is 104 cm³/mol. The lowest BCUT2D eigenvalue weighted by Gasteiger charge is -2.36. The zero-order valence-electron chi connectivity index (χ0n) is 15.4. The van der Waals surface area contributed by atoms with Crippen LogP contribution in [-0.4, -0.2) is 46.8 Å². The Morgan fingerprint density at radius 3 is 2.70 bits per heavy atom. The number of rotatable bonds is 4. The van der Waals surface area contributed by atoms with Crippen molar-refractivity contribution >= 4 is 41.0 Å². The number of halogens is 2. The molecule has 1 aliphatic heterocycles. The van der Waals surface area contributed by atoms with Crippen LogP contribution in [0.4, 0.5) is 4.79 Å². The van der Waals surface area contributed by atoms with E-state index in [1.807, 2.05) is 6.92 Å². The summed E-state index contributed by atoms with van der Waals surface area (Å²) in [5, 5.41) is 3.72. The number of hydrogen-bond donors (Lipinski definition) is 1. The van der Waals surface area contributed by atoms with Gasteiger partial charge in [-0.25, -0.2) is 4.79 Å². The fourth-order valence-electron chi connectivity index (χ4n) is 3.90. The van der Waals surface area contributed by atoms with E-state index in [0.29, 0.717) is 23.0 Å². The summed E-state index contributed by atoms with van der Waals surface area (Å²) in [6, 6.07) is 4.67. The number of nitrogens with zero attached hydrogens (tertiary/aromatic N) is 2. The van der Waals surface area contributed by atoms with Crippen LogP contribution < -0.4 is 5.32 Å². The average Bonchev–Trinajstić information content (AvgIpc) is 2.85. The number of benzene rings is 1. The maximum Gasteiger partial charge on any atom is 0.325 e. The summed E-state index contributed by atoms with van der Waals surface area (Å²) in [7, 11) is 1.63. The fourth-order valence-corrected chi connectivity index (χ4v) is 4.22. The van der Waals surface area contributed by atoms with Gasteiger partial charge in [0.1, 0.15) is 12.1 Å². The third-order valence-electron chi connectivity index (χ3n) is 5.62. The van der Waals surface area contributed by atoms with Gasteiger partial charge in [-0.3, -0.25) is 14.5 Å². The van der Waals surface area contributed by atoms with E-state index >= 15 is 0 Å². The van der Waals surface area contributed by atoms with Crippen molar-refractivity contribution in [2.75, 3.05) is 13.6 Å². The third kappa shape index (κ3) is 3.78. The molecular weight excluding hydrogens is 389 g/mol. The van der Waals surface area contributed by atoms with E-state index in [1.54, 1.807) is 25.2 Å². The fraction of sp³-hybridized carbons (Fsp3) is 0.526. The Balaban J connectivity index is 1.67. The minimum Gasteiger partial charge on any atom is -0.340 e. The first-order valence-corrected chi connectivity index (χ1v) is 9.82. The van der Waals surface area contributed by atoms with Gasteiger partial charge in [-0.15, -0.1) is 0 Å². The highest BCUT2D eigenvalue weighted by molar-refractivity contribution is 6.42. The molecule has 2 aliphatic rings. The normalized spacial score (nSPS) is 25.0. The minimum atomic E-state index is -0.849. The van der Waals surface area contributed by atoms with Crippen LogP contribution >= 0.6 is 23.2 Å². The molecule has 6 nitrogen and oxygen atoms in total. The highest BCUT2D eigenvalue weighted by Gasteiger charge is 2.55. The van der Waals surface area contributed by atoms with E-state index in [2.05, 4.69) is 5.32 Å². The molecule has 1 heterocycles. The molecule has 1 aromatic rings. The zero-order valence-corrected chi connectivity index (χ0v) is 16.9. The monoisotopic (exact) mass is 411 g/mol. The van der Waals surface area contributed by atoms with E-state index in [4.69, 9.17) is 23.2 Å². The van der Waals surface area contributed by atoms with Crippen molar-refractivity contribution in [1.29, 1.82) is 0 Å². The topological polar surface area (TPSA) is 69.7 Å². The smallest absolute Gasteiger partial charge is 0.325 e. The average molecular weight is 412 g/mol. The maximum atomic E-state index is 12.9. The molecule has 1 aromatic carbocycles. The van der Waals surface area contributed by atoms with Gasteiger partial charge in [0.15, 0.2) is 0 Å². The van der Waals surface area contributed by atoms with Gasteiger partial charge in [0.2, 0.25) is 5.91 Å². The molecule has 1 saturated carbocycles. The van der Waals surface area contributed by atoms with Crippen molar-refractivity contribution in [3.8, 4) is 0 Å². The van der Waals surface area contributed by atoms with Crippen molar-refractivity contribution < 1.29 is 14.4 Å². The van der Waals surface area contributed by atoms with Crippen molar-refractivity contribution in [2.24, 2.45) is 5.92 Å². The third-order valence-corrected chi connectivity index (χ3v) is 6.36. The molecule has 1 saturated heterocycles. The van der Waals surface area contributed by atoms with E-state index in [-0.39, 0.29) is 24.3 Å². The lowest BCUT2D eigenvalue weighted by Crippen LogP contribution is -2.54. The van der Waals surface area contributed by atoms with E-state index < -0.39 is 11.6 Å². The van der Waals surface area contributed by atoms with E-state index in [0.717, 1.165) is 29.7 Å².